The maximum Gasteiger partial charge on any atom is 0.0564 e. The Bertz CT molecular complexity index is 409. The molecule has 3 aliphatic rings. The van der Waals surface area contributed by atoms with Crippen molar-refractivity contribution in [1.29, 1.82) is 0 Å². The van der Waals surface area contributed by atoms with Crippen LogP contribution in [0.4, 0.5) is 0 Å². The normalized spacial score (nSPS) is 29.2. The van der Waals surface area contributed by atoms with Crippen molar-refractivity contribution in [3.05, 3.63) is 23.8 Å². The molecule has 20 heavy (non-hydrogen) atoms. The molecular formula is C18H29NO. The highest BCUT2D eigenvalue weighted by Crippen LogP contribution is 2.56. The van der Waals surface area contributed by atoms with Crippen molar-refractivity contribution in [2.75, 3.05) is 19.6 Å². The van der Waals surface area contributed by atoms with Crippen LogP contribution in [0.1, 0.15) is 52.4 Å². The number of aliphatic hydroxyl groups excluding tert-OH is 1. The van der Waals surface area contributed by atoms with Crippen LogP contribution in [-0.4, -0.2) is 35.7 Å². The van der Waals surface area contributed by atoms with Crippen LogP contribution in [0, 0.1) is 10.8 Å². The minimum Gasteiger partial charge on any atom is -0.393 e. The van der Waals surface area contributed by atoms with Crippen molar-refractivity contribution in [3.8, 4) is 0 Å². The Morgan fingerprint density at radius 3 is 2.50 bits per heavy atom. The predicted octanol–water partition coefficient (Wildman–Crippen LogP) is 3.53. The Balaban J connectivity index is 1.53. The monoisotopic (exact) mass is 275 g/mol. The molecule has 0 aromatic rings. The van der Waals surface area contributed by atoms with Crippen molar-refractivity contribution in [2.24, 2.45) is 10.8 Å². The van der Waals surface area contributed by atoms with Gasteiger partial charge in [-0.3, -0.25) is 0 Å². The van der Waals surface area contributed by atoms with Crippen molar-refractivity contribution < 1.29 is 5.11 Å². The summed E-state index contributed by atoms with van der Waals surface area (Å²) < 4.78 is 0. The molecule has 2 aliphatic carbocycles. The SMILES string of the molecule is CC1(C)C=CC(C2(CCN3CCC(O)CC3)CC2)=CC1. The van der Waals surface area contributed by atoms with E-state index in [-0.39, 0.29) is 6.10 Å². The van der Waals surface area contributed by atoms with Gasteiger partial charge in [-0.25, -0.2) is 0 Å². The number of aliphatic hydroxyl groups is 1. The van der Waals surface area contributed by atoms with Gasteiger partial charge < -0.3 is 10.0 Å². The number of rotatable bonds is 4. The predicted molar refractivity (Wildman–Crippen MR) is 83.6 cm³/mol. The fraction of sp³-hybridized carbons (Fsp3) is 0.778. The Morgan fingerprint density at radius 2 is 1.95 bits per heavy atom. The van der Waals surface area contributed by atoms with Crippen LogP contribution in [0.25, 0.3) is 0 Å². The first-order valence-corrected chi connectivity index (χ1v) is 8.30. The summed E-state index contributed by atoms with van der Waals surface area (Å²) in [7, 11) is 0. The van der Waals surface area contributed by atoms with E-state index in [1.807, 2.05) is 0 Å². The molecule has 0 aromatic carbocycles. The summed E-state index contributed by atoms with van der Waals surface area (Å²) in [5.74, 6) is 0. The molecule has 0 spiro atoms. The Morgan fingerprint density at radius 1 is 1.25 bits per heavy atom. The molecule has 1 saturated carbocycles. The van der Waals surface area contributed by atoms with Crippen molar-refractivity contribution in [1.82, 2.24) is 4.90 Å². The molecule has 3 rings (SSSR count). The van der Waals surface area contributed by atoms with Crippen LogP contribution in [-0.2, 0) is 0 Å². The standard InChI is InChI=1S/C18H29NO/c1-17(2)7-3-15(4-8-17)18(9-10-18)11-14-19-12-5-16(20)6-13-19/h3-4,7,16,20H,5-6,8-14H2,1-2H3. The Labute approximate surface area is 123 Å². The van der Waals surface area contributed by atoms with E-state index >= 15 is 0 Å². The number of likely N-dealkylation sites (tertiary alicyclic amines) is 1. The molecule has 1 N–H and O–H groups in total. The molecule has 2 heteroatoms. The summed E-state index contributed by atoms with van der Waals surface area (Å²) in [6.45, 7) is 8.00. The Hall–Kier alpha value is -0.600. The summed E-state index contributed by atoms with van der Waals surface area (Å²) in [5, 5.41) is 9.58. The molecule has 0 atom stereocenters. The van der Waals surface area contributed by atoms with E-state index in [4.69, 9.17) is 0 Å². The maximum absolute atomic E-state index is 9.58. The molecule has 1 aliphatic heterocycles. The van der Waals surface area contributed by atoms with E-state index in [1.165, 1.54) is 32.2 Å². The zero-order valence-corrected chi connectivity index (χ0v) is 13.1. The number of hydrogen-bond acceptors (Lipinski definition) is 2. The van der Waals surface area contributed by atoms with Gasteiger partial charge >= 0.3 is 0 Å². The smallest absolute Gasteiger partial charge is 0.0564 e. The number of nitrogens with zero attached hydrogens (tertiary/aromatic N) is 1. The first kappa shape index (κ1) is 14.3. The van der Waals surface area contributed by atoms with Crippen LogP contribution in [0.5, 0.6) is 0 Å². The lowest BCUT2D eigenvalue weighted by Crippen LogP contribution is -2.37. The summed E-state index contributed by atoms with van der Waals surface area (Å²) in [5.41, 5.74) is 2.46. The quantitative estimate of drug-likeness (QED) is 0.848. The molecule has 2 nitrogen and oxygen atoms in total. The summed E-state index contributed by atoms with van der Waals surface area (Å²) in [6, 6.07) is 0. The number of piperidine rings is 1. The van der Waals surface area contributed by atoms with Gasteiger partial charge in [0.2, 0.25) is 0 Å². The van der Waals surface area contributed by atoms with Crippen molar-refractivity contribution >= 4 is 0 Å². The molecule has 0 aromatic heterocycles. The number of hydrogen-bond donors (Lipinski definition) is 1. The van der Waals surface area contributed by atoms with Crippen molar-refractivity contribution in [2.45, 2.75) is 58.5 Å². The van der Waals surface area contributed by atoms with E-state index < -0.39 is 0 Å². The fourth-order valence-corrected chi connectivity index (χ4v) is 3.57. The minimum absolute atomic E-state index is 0.0487. The van der Waals surface area contributed by atoms with Gasteiger partial charge in [0, 0.05) is 13.1 Å². The van der Waals surface area contributed by atoms with Crippen LogP contribution < -0.4 is 0 Å². The van der Waals surface area contributed by atoms with Crippen LogP contribution in [0.15, 0.2) is 23.8 Å². The second-order valence-electron chi connectivity index (χ2n) is 7.79. The van der Waals surface area contributed by atoms with E-state index in [0.29, 0.717) is 10.8 Å². The zero-order valence-electron chi connectivity index (χ0n) is 13.1. The molecule has 0 amide bonds. The summed E-state index contributed by atoms with van der Waals surface area (Å²) in [4.78, 5) is 2.55. The van der Waals surface area contributed by atoms with Gasteiger partial charge in [0.25, 0.3) is 0 Å². The third kappa shape index (κ3) is 3.17. The molecular weight excluding hydrogens is 246 g/mol. The van der Waals surface area contributed by atoms with Gasteiger partial charge in [0.1, 0.15) is 0 Å². The van der Waals surface area contributed by atoms with Gasteiger partial charge in [0.15, 0.2) is 0 Å². The molecule has 112 valence electrons. The molecule has 0 radical (unpaired) electrons. The molecule has 1 heterocycles. The summed E-state index contributed by atoms with van der Waals surface area (Å²) in [6.07, 6.45) is 14.4. The van der Waals surface area contributed by atoms with Crippen molar-refractivity contribution in [3.63, 3.8) is 0 Å². The molecule has 2 fully saturated rings. The highest BCUT2D eigenvalue weighted by molar-refractivity contribution is 5.36. The fourth-order valence-electron chi connectivity index (χ4n) is 3.57. The van der Waals surface area contributed by atoms with Gasteiger partial charge in [0.05, 0.1) is 6.10 Å². The van der Waals surface area contributed by atoms with Crippen LogP contribution in [0.2, 0.25) is 0 Å². The summed E-state index contributed by atoms with van der Waals surface area (Å²) >= 11 is 0. The Kier molecular flexibility index (Phi) is 3.81. The zero-order chi connectivity index (χ0) is 14.2. The highest BCUT2D eigenvalue weighted by Gasteiger charge is 2.45. The van der Waals surface area contributed by atoms with Crippen LogP contribution >= 0.6 is 0 Å². The third-order valence-electron chi connectivity index (χ3n) is 5.49. The lowest BCUT2D eigenvalue weighted by molar-refractivity contribution is 0.0800. The number of allylic oxidation sites excluding steroid dienone is 4. The van der Waals surface area contributed by atoms with Gasteiger partial charge in [-0.05, 0) is 61.5 Å². The lowest BCUT2D eigenvalue weighted by Gasteiger charge is -2.32. The first-order chi connectivity index (χ1) is 9.49. The van der Waals surface area contributed by atoms with E-state index in [2.05, 4.69) is 37.0 Å². The van der Waals surface area contributed by atoms with Gasteiger partial charge in [-0.2, -0.15) is 0 Å². The first-order valence-electron chi connectivity index (χ1n) is 8.30. The minimum atomic E-state index is -0.0487. The van der Waals surface area contributed by atoms with Gasteiger partial charge in [-0.15, -0.1) is 0 Å². The van der Waals surface area contributed by atoms with E-state index in [1.54, 1.807) is 5.57 Å². The van der Waals surface area contributed by atoms with E-state index in [0.717, 1.165) is 25.9 Å². The average molecular weight is 275 g/mol. The van der Waals surface area contributed by atoms with Gasteiger partial charge in [-0.1, -0.05) is 32.1 Å². The van der Waals surface area contributed by atoms with Crippen LogP contribution in [0.3, 0.4) is 0 Å². The second-order valence-corrected chi connectivity index (χ2v) is 7.79. The molecule has 0 bridgehead atoms. The molecule has 0 unspecified atom stereocenters. The lowest BCUT2D eigenvalue weighted by atomic mass is 9.79. The largest absolute Gasteiger partial charge is 0.393 e. The highest BCUT2D eigenvalue weighted by atomic mass is 16.3. The third-order valence-corrected chi connectivity index (χ3v) is 5.49. The maximum atomic E-state index is 9.58. The van der Waals surface area contributed by atoms with E-state index in [9.17, 15) is 5.11 Å². The second kappa shape index (κ2) is 5.31. The topological polar surface area (TPSA) is 23.5 Å². The average Bonchev–Trinajstić information content (AvgIpc) is 3.19. The molecule has 1 saturated heterocycles.